The first-order valence-corrected chi connectivity index (χ1v) is 11.7. The van der Waals surface area contributed by atoms with Crippen LogP contribution in [0.15, 0.2) is 25.3 Å². The molecule has 0 aliphatic carbocycles. The summed E-state index contributed by atoms with van der Waals surface area (Å²) in [4.78, 5) is 0. The van der Waals surface area contributed by atoms with Crippen molar-refractivity contribution >= 4 is 0 Å². The van der Waals surface area contributed by atoms with Crippen molar-refractivity contribution in [1.29, 1.82) is 0 Å². The lowest BCUT2D eigenvalue weighted by Crippen LogP contribution is -2.12. The van der Waals surface area contributed by atoms with E-state index in [1.165, 1.54) is 116 Å². The van der Waals surface area contributed by atoms with E-state index in [1.807, 2.05) is 12.2 Å². The van der Waals surface area contributed by atoms with Gasteiger partial charge in [0.15, 0.2) is 0 Å². The third-order valence-corrected chi connectivity index (χ3v) is 5.27. The largest absolute Gasteiger partial charge is 0.379 e. The SMILES string of the molecule is C=CCCCCCCCCCC(CCCCCCCCCC=C)OCC. The first-order chi connectivity index (χ1) is 12.8. The molecular formula is C25H48O. The third-order valence-electron chi connectivity index (χ3n) is 5.27. The summed E-state index contributed by atoms with van der Waals surface area (Å²) < 4.78 is 5.97. The van der Waals surface area contributed by atoms with Crippen LogP contribution in [0.3, 0.4) is 0 Å². The fraction of sp³-hybridized carbons (Fsp3) is 0.840. The summed E-state index contributed by atoms with van der Waals surface area (Å²) >= 11 is 0. The molecule has 0 N–H and O–H groups in total. The molecule has 0 heterocycles. The summed E-state index contributed by atoms with van der Waals surface area (Å²) in [5.74, 6) is 0. The van der Waals surface area contributed by atoms with Crippen molar-refractivity contribution in [2.45, 2.75) is 129 Å². The maximum absolute atomic E-state index is 5.97. The molecule has 0 rings (SSSR count). The van der Waals surface area contributed by atoms with Crippen molar-refractivity contribution in [3.05, 3.63) is 25.3 Å². The molecule has 0 aromatic rings. The second-order valence-corrected chi connectivity index (χ2v) is 7.76. The Morgan fingerprint density at radius 1 is 0.577 bits per heavy atom. The van der Waals surface area contributed by atoms with Gasteiger partial charge in [-0.15, -0.1) is 13.2 Å². The highest BCUT2D eigenvalue weighted by Crippen LogP contribution is 2.17. The molecule has 0 atom stereocenters. The molecule has 0 fully saturated rings. The van der Waals surface area contributed by atoms with Crippen LogP contribution in [0.25, 0.3) is 0 Å². The fourth-order valence-corrected chi connectivity index (χ4v) is 3.64. The quantitative estimate of drug-likeness (QED) is 0.138. The minimum absolute atomic E-state index is 0.514. The van der Waals surface area contributed by atoms with Crippen LogP contribution in [0.2, 0.25) is 0 Å². The van der Waals surface area contributed by atoms with Crippen LogP contribution in [0, 0.1) is 0 Å². The Morgan fingerprint density at radius 3 is 1.27 bits per heavy atom. The average molecular weight is 365 g/mol. The first-order valence-electron chi connectivity index (χ1n) is 11.7. The van der Waals surface area contributed by atoms with E-state index in [9.17, 15) is 0 Å². The molecule has 26 heavy (non-hydrogen) atoms. The van der Waals surface area contributed by atoms with Gasteiger partial charge in [0.25, 0.3) is 0 Å². The lowest BCUT2D eigenvalue weighted by molar-refractivity contribution is 0.0470. The monoisotopic (exact) mass is 364 g/mol. The number of allylic oxidation sites excluding steroid dienone is 2. The van der Waals surface area contributed by atoms with Gasteiger partial charge in [0.05, 0.1) is 6.10 Å². The molecule has 1 nitrogen and oxygen atoms in total. The zero-order valence-corrected chi connectivity index (χ0v) is 18.0. The molecule has 0 radical (unpaired) electrons. The smallest absolute Gasteiger partial charge is 0.0575 e. The Morgan fingerprint density at radius 2 is 0.923 bits per heavy atom. The summed E-state index contributed by atoms with van der Waals surface area (Å²) in [7, 11) is 0. The van der Waals surface area contributed by atoms with E-state index in [2.05, 4.69) is 20.1 Å². The van der Waals surface area contributed by atoms with Crippen molar-refractivity contribution in [2.24, 2.45) is 0 Å². The van der Waals surface area contributed by atoms with Gasteiger partial charge in [-0.05, 0) is 45.4 Å². The van der Waals surface area contributed by atoms with Crippen molar-refractivity contribution in [3.63, 3.8) is 0 Å². The van der Waals surface area contributed by atoms with Crippen LogP contribution in [0.4, 0.5) is 0 Å². The topological polar surface area (TPSA) is 9.23 Å². The lowest BCUT2D eigenvalue weighted by atomic mass is 10.0. The Hall–Kier alpha value is -0.560. The predicted molar refractivity (Wildman–Crippen MR) is 119 cm³/mol. The summed E-state index contributed by atoms with van der Waals surface area (Å²) in [5.41, 5.74) is 0. The molecule has 0 amide bonds. The number of hydrogen-bond acceptors (Lipinski definition) is 1. The predicted octanol–water partition coefficient (Wildman–Crippen LogP) is 8.79. The first kappa shape index (κ1) is 25.4. The minimum Gasteiger partial charge on any atom is -0.379 e. The molecular weight excluding hydrogens is 316 g/mol. The lowest BCUT2D eigenvalue weighted by Gasteiger charge is -2.17. The van der Waals surface area contributed by atoms with Crippen LogP contribution >= 0.6 is 0 Å². The Kier molecular flexibility index (Phi) is 22.0. The third kappa shape index (κ3) is 19.8. The Bertz CT molecular complexity index is 258. The van der Waals surface area contributed by atoms with E-state index in [1.54, 1.807) is 0 Å². The van der Waals surface area contributed by atoms with E-state index < -0.39 is 0 Å². The van der Waals surface area contributed by atoms with Gasteiger partial charge in [-0.25, -0.2) is 0 Å². The van der Waals surface area contributed by atoms with Crippen molar-refractivity contribution in [3.8, 4) is 0 Å². The Labute approximate surface area is 165 Å². The Balaban J connectivity index is 3.44. The normalized spacial score (nSPS) is 11.2. The van der Waals surface area contributed by atoms with Crippen LogP contribution in [-0.2, 0) is 4.74 Å². The van der Waals surface area contributed by atoms with E-state index >= 15 is 0 Å². The molecule has 0 unspecified atom stereocenters. The minimum atomic E-state index is 0.514. The van der Waals surface area contributed by atoms with Gasteiger partial charge in [-0.3, -0.25) is 0 Å². The zero-order chi connectivity index (χ0) is 19.1. The fourth-order valence-electron chi connectivity index (χ4n) is 3.64. The summed E-state index contributed by atoms with van der Waals surface area (Å²) in [6.07, 6.45) is 28.8. The van der Waals surface area contributed by atoms with Crippen LogP contribution in [0.5, 0.6) is 0 Å². The molecule has 0 aromatic carbocycles. The van der Waals surface area contributed by atoms with Gasteiger partial charge in [0.1, 0.15) is 0 Å². The van der Waals surface area contributed by atoms with Gasteiger partial charge in [0, 0.05) is 6.61 Å². The maximum atomic E-state index is 5.97. The molecule has 0 aliphatic rings. The molecule has 154 valence electrons. The molecule has 0 spiro atoms. The van der Waals surface area contributed by atoms with Crippen molar-refractivity contribution in [1.82, 2.24) is 0 Å². The van der Waals surface area contributed by atoms with Crippen molar-refractivity contribution in [2.75, 3.05) is 6.61 Å². The van der Waals surface area contributed by atoms with E-state index in [0.717, 1.165) is 6.61 Å². The molecule has 0 aromatic heterocycles. The van der Waals surface area contributed by atoms with Gasteiger partial charge >= 0.3 is 0 Å². The van der Waals surface area contributed by atoms with Crippen molar-refractivity contribution < 1.29 is 4.74 Å². The summed E-state index contributed by atoms with van der Waals surface area (Å²) in [5, 5.41) is 0. The summed E-state index contributed by atoms with van der Waals surface area (Å²) in [6, 6.07) is 0. The molecule has 0 aliphatic heterocycles. The van der Waals surface area contributed by atoms with Gasteiger partial charge < -0.3 is 4.74 Å². The molecule has 0 saturated carbocycles. The number of rotatable bonds is 22. The zero-order valence-electron chi connectivity index (χ0n) is 18.0. The van der Waals surface area contributed by atoms with E-state index in [-0.39, 0.29) is 0 Å². The standard InChI is InChI=1S/C25H48O/c1-4-7-9-11-13-15-17-19-21-23-25(26-6-3)24-22-20-18-16-14-12-10-8-5-2/h4-5,25H,1-2,6-24H2,3H3. The van der Waals surface area contributed by atoms with Crippen LogP contribution in [0.1, 0.15) is 122 Å². The second-order valence-electron chi connectivity index (χ2n) is 7.76. The second kappa shape index (κ2) is 22.5. The maximum Gasteiger partial charge on any atom is 0.0575 e. The highest BCUT2D eigenvalue weighted by Gasteiger charge is 2.07. The average Bonchev–Trinajstić information content (AvgIpc) is 2.65. The summed E-state index contributed by atoms with van der Waals surface area (Å²) in [6.45, 7) is 10.6. The van der Waals surface area contributed by atoms with Crippen LogP contribution < -0.4 is 0 Å². The number of ether oxygens (including phenoxy) is 1. The van der Waals surface area contributed by atoms with Gasteiger partial charge in [-0.2, -0.15) is 0 Å². The molecule has 0 bridgehead atoms. The van der Waals surface area contributed by atoms with E-state index in [4.69, 9.17) is 4.74 Å². The number of hydrogen-bond donors (Lipinski definition) is 0. The van der Waals surface area contributed by atoms with Crippen LogP contribution in [-0.4, -0.2) is 12.7 Å². The van der Waals surface area contributed by atoms with E-state index in [0.29, 0.717) is 6.10 Å². The molecule has 0 saturated heterocycles. The highest BCUT2D eigenvalue weighted by atomic mass is 16.5. The van der Waals surface area contributed by atoms with Gasteiger partial charge in [-0.1, -0.05) is 89.2 Å². The number of unbranched alkanes of at least 4 members (excludes halogenated alkanes) is 14. The molecule has 1 heteroatoms. The highest BCUT2D eigenvalue weighted by molar-refractivity contribution is 4.66. The van der Waals surface area contributed by atoms with Gasteiger partial charge in [0.2, 0.25) is 0 Å².